The van der Waals surface area contributed by atoms with Gasteiger partial charge in [0.05, 0.1) is 22.3 Å². The van der Waals surface area contributed by atoms with Crippen molar-refractivity contribution in [2.24, 2.45) is 0 Å². The molecule has 0 saturated heterocycles. The fraction of sp³-hybridized carbons (Fsp3) is 0.500. The van der Waals surface area contributed by atoms with E-state index in [9.17, 15) is 19.8 Å². The summed E-state index contributed by atoms with van der Waals surface area (Å²) < 4.78 is 0. The summed E-state index contributed by atoms with van der Waals surface area (Å²) >= 11 is 0. The van der Waals surface area contributed by atoms with E-state index in [1.807, 2.05) is 12.1 Å². The molecule has 1 aliphatic rings. The molecule has 0 saturated carbocycles. The van der Waals surface area contributed by atoms with E-state index in [0.29, 0.717) is 24.5 Å². The number of nitrogens with zero attached hydrogens (tertiary/aromatic N) is 2. The van der Waals surface area contributed by atoms with Crippen LogP contribution < -0.4 is 10.6 Å². The van der Waals surface area contributed by atoms with Crippen LogP contribution in [-0.2, 0) is 0 Å². The van der Waals surface area contributed by atoms with Gasteiger partial charge in [-0.2, -0.15) is 0 Å². The maximum absolute atomic E-state index is 13.6. The van der Waals surface area contributed by atoms with Crippen LogP contribution in [0.5, 0.6) is 11.5 Å². The number of hydrogen-bond donors (Lipinski definition) is 4. The van der Waals surface area contributed by atoms with Gasteiger partial charge < -0.3 is 30.6 Å². The van der Waals surface area contributed by atoms with Crippen LogP contribution >= 0.6 is 0 Å². The van der Waals surface area contributed by atoms with Crippen LogP contribution in [0, 0.1) is 0 Å². The van der Waals surface area contributed by atoms with E-state index in [4.69, 9.17) is 0 Å². The van der Waals surface area contributed by atoms with Gasteiger partial charge in [0.1, 0.15) is 11.5 Å². The first kappa shape index (κ1) is 27.5. The quantitative estimate of drug-likeness (QED) is 0.195. The van der Waals surface area contributed by atoms with Crippen molar-refractivity contribution in [2.75, 3.05) is 65.0 Å². The van der Waals surface area contributed by atoms with Gasteiger partial charge in [0.25, 0.3) is 0 Å². The highest BCUT2D eigenvalue weighted by Crippen LogP contribution is 2.42. The molecule has 3 rings (SSSR count). The molecule has 36 heavy (non-hydrogen) atoms. The molecule has 2 aromatic rings. The van der Waals surface area contributed by atoms with Crippen molar-refractivity contribution >= 4 is 22.9 Å². The Morgan fingerprint density at radius 3 is 1.33 bits per heavy atom. The van der Waals surface area contributed by atoms with Gasteiger partial charge in [-0.3, -0.25) is 9.59 Å². The van der Waals surface area contributed by atoms with Crippen LogP contribution in [0.1, 0.15) is 70.4 Å². The second kappa shape index (κ2) is 12.7. The largest absolute Gasteiger partial charge is 0.507 e. The summed E-state index contributed by atoms with van der Waals surface area (Å²) in [7, 11) is 8.21. The van der Waals surface area contributed by atoms with Gasteiger partial charge in [-0.15, -0.1) is 0 Å². The van der Waals surface area contributed by atoms with Gasteiger partial charge in [0.15, 0.2) is 0 Å². The average molecular weight is 497 g/mol. The second-order valence-corrected chi connectivity index (χ2v) is 10.0. The molecular weight excluding hydrogens is 456 g/mol. The van der Waals surface area contributed by atoms with E-state index < -0.39 is 11.6 Å². The van der Waals surface area contributed by atoms with Crippen LogP contribution in [0.3, 0.4) is 0 Å². The van der Waals surface area contributed by atoms with E-state index in [0.717, 1.165) is 51.6 Å². The van der Waals surface area contributed by atoms with Gasteiger partial charge in [0, 0.05) is 24.5 Å². The molecule has 0 aromatic heterocycles. The topological polar surface area (TPSA) is 105 Å². The van der Waals surface area contributed by atoms with Crippen LogP contribution in [0.25, 0.3) is 0 Å². The number of benzene rings is 2. The number of aromatic hydroxyl groups is 2. The summed E-state index contributed by atoms with van der Waals surface area (Å²) in [5.41, 5.74) is 1.37. The van der Waals surface area contributed by atoms with Crippen LogP contribution in [0.2, 0.25) is 0 Å². The number of carbonyl (C=O) groups excluding carboxylic acids is 2. The minimum absolute atomic E-state index is 0.137. The van der Waals surface area contributed by atoms with Crippen molar-refractivity contribution < 1.29 is 19.8 Å². The monoisotopic (exact) mass is 496 g/mol. The van der Waals surface area contributed by atoms with E-state index in [1.165, 1.54) is 12.1 Å². The molecular formula is C28H40N4O4. The maximum Gasteiger partial charge on any atom is 0.200 e. The third-order valence-electron chi connectivity index (χ3n) is 6.47. The SMILES string of the molecule is CN(C)CCCCCNc1ccc(NCCCCCN(C)C)c2c1C(=O)c1c(O)ccc(O)c1C2=O. The lowest BCUT2D eigenvalue weighted by Crippen LogP contribution is -2.25. The fourth-order valence-electron chi connectivity index (χ4n) is 4.57. The molecule has 0 bridgehead atoms. The van der Waals surface area contributed by atoms with Gasteiger partial charge in [-0.25, -0.2) is 0 Å². The minimum Gasteiger partial charge on any atom is -0.507 e. The minimum atomic E-state index is -0.460. The molecule has 2 aromatic carbocycles. The fourth-order valence-corrected chi connectivity index (χ4v) is 4.57. The van der Waals surface area contributed by atoms with Gasteiger partial charge in [0.2, 0.25) is 11.6 Å². The highest BCUT2D eigenvalue weighted by molar-refractivity contribution is 6.33. The zero-order chi connectivity index (χ0) is 26.2. The number of nitrogens with one attached hydrogen (secondary N) is 2. The summed E-state index contributed by atoms with van der Waals surface area (Å²) in [6.07, 6.45) is 6.13. The summed E-state index contributed by atoms with van der Waals surface area (Å²) in [5.74, 6) is -1.53. The first-order valence-corrected chi connectivity index (χ1v) is 12.8. The first-order valence-electron chi connectivity index (χ1n) is 12.8. The Balaban J connectivity index is 1.83. The summed E-state index contributed by atoms with van der Waals surface area (Å²) in [4.78, 5) is 31.5. The van der Waals surface area contributed by atoms with Gasteiger partial charge >= 0.3 is 0 Å². The molecule has 0 aliphatic heterocycles. The Bertz CT molecular complexity index is 998. The third kappa shape index (κ3) is 6.56. The predicted octanol–water partition coefficient (Wildman–Crippen LogP) is 4.16. The normalized spacial score (nSPS) is 12.7. The second-order valence-electron chi connectivity index (χ2n) is 10.0. The van der Waals surface area contributed by atoms with Gasteiger partial charge in [-0.05, 0) is 91.2 Å². The Morgan fingerprint density at radius 1 is 0.583 bits per heavy atom. The third-order valence-corrected chi connectivity index (χ3v) is 6.47. The molecule has 0 amide bonds. The number of carbonyl (C=O) groups is 2. The molecule has 196 valence electrons. The Labute approximate surface area is 214 Å². The Kier molecular flexibility index (Phi) is 9.73. The van der Waals surface area contributed by atoms with Crippen molar-refractivity contribution in [1.29, 1.82) is 0 Å². The van der Waals surface area contributed by atoms with E-state index in [-0.39, 0.29) is 33.8 Å². The van der Waals surface area contributed by atoms with Crippen molar-refractivity contribution in [3.63, 3.8) is 0 Å². The van der Waals surface area contributed by atoms with Gasteiger partial charge in [-0.1, -0.05) is 12.8 Å². The lowest BCUT2D eigenvalue weighted by Gasteiger charge is -2.25. The van der Waals surface area contributed by atoms with Crippen molar-refractivity contribution in [1.82, 2.24) is 9.80 Å². The highest BCUT2D eigenvalue weighted by atomic mass is 16.3. The smallest absolute Gasteiger partial charge is 0.200 e. The number of unbranched alkanes of at least 4 members (excludes halogenated alkanes) is 4. The number of hydrogen-bond acceptors (Lipinski definition) is 8. The summed E-state index contributed by atoms with van der Waals surface area (Å²) in [6, 6.07) is 6.14. The standard InChI is InChI=1S/C28H40N4O4/c1-31(2)17-9-5-7-15-29-19-11-12-20(30-16-8-6-10-18-32(3)4)24-23(19)27(35)25-21(33)13-14-22(34)26(25)28(24)36/h11-14,29-30,33-34H,5-10,15-18H2,1-4H3. The summed E-state index contributed by atoms with van der Waals surface area (Å²) in [6.45, 7) is 3.38. The highest BCUT2D eigenvalue weighted by Gasteiger charge is 2.37. The molecule has 0 heterocycles. The lowest BCUT2D eigenvalue weighted by molar-refractivity contribution is 0.0975. The van der Waals surface area contributed by atoms with E-state index >= 15 is 0 Å². The van der Waals surface area contributed by atoms with Crippen LogP contribution in [0.15, 0.2) is 24.3 Å². The molecule has 0 atom stereocenters. The average Bonchev–Trinajstić information content (AvgIpc) is 2.83. The van der Waals surface area contributed by atoms with Crippen LogP contribution in [-0.4, -0.2) is 85.9 Å². The first-order chi connectivity index (χ1) is 17.2. The molecule has 0 radical (unpaired) electrons. The number of rotatable bonds is 14. The van der Waals surface area contributed by atoms with Crippen molar-refractivity contribution in [3.8, 4) is 11.5 Å². The van der Waals surface area contributed by atoms with Crippen LogP contribution in [0.4, 0.5) is 11.4 Å². The number of fused-ring (bicyclic) bond motifs is 2. The van der Waals surface area contributed by atoms with Crippen molar-refractivity contribution in [2.45, 2.75) is 38.5 Å². The number of phenols is 2. The molecule has 4 N–H and O–H groups in total. The Hall–Kier alpha value is -3.10. The van der Waals surface area contributed by atoms with E-state index in [2.05, 4.69) is 48.6 Å². The molecule has 8 heteroatoms. The lowest BCUT2D eigenvalue weighted by atomic mass is 9.81. The Morgan fingerprint density at radius 2 is 0.972 bits per heavy atom. The molecule has 0 unspecified atom stereocenters. The zero-order valence-electron chi connectivity index (χ0n) is 22.0. The summed E-state index contributed by atoms with van der Waals surface area (Å²) in [5, 5.41) is 27.5. The zero-order valence-corrected chi connectivity index (χ0v) is 22.0. The molecule has 0 fully saturated rings. The molecule has 1 aliphatic carbocycles. The van der Waals surface area contributed by atoms with E-state index in [1.54, 1.807) is 0 Å². The number of phenolic OH excluding ortho intramolecular Hbond substituents is 2. The molecule has 0 spiro atoms. The van der Waals surface area contributed by atoms with Crippen molar-refractivity contribution in [3.05, 3.63) is 46.5 Å². The predicted molar refractivity (Wildman–Crippen MR) is 145 cm³/mol. The maximum atomic E-state index is 13.6. The molecule has 8 nitrogen and oxygen atoms in total. The number of anilines is 2. The number of ketones is 2.